The van der Waals surface area contributed by atoms with Gasteiger partial charge < -0.3 is 14.6 Å². The number of benzene rings is 1. The van der Waals surface area contributed by atoms with Gasteiger partial charge in [0.15, 0.2) is 0 Å². The Hall–Kier alpha value is -2.23. The van der Waals surface area contributed by atoms with E-state index in [2.05, 4.69) is 11.4 Å². The third-order valence-corrected chi connectivity index (χ3v) is 3.53. The zero-order valence-electron chi connectivity index (χ0n) is 11.3. The maximum Gasteiger partial charge on any atom is 0.250 e. The monoisotopic (exact) mass is 270 g/mol. The van der Waals surface area contributed by atoms with E-state index in [1.54, 1.807) is 22.9 Å². The number of hydrogen-bond donors (Lipinski definition) is 1. The highest BCUT2D eigenvalue weighted by Crippen LogP contribution is 2.31. The molecular formula is C16H18N2O2. The number of nitrogens with one attached hydrogen (secondary N) is 1. The summed E-state index contributed by atoms with van der Waals surface area (Å²) in [5.41, 5.74) is 2.43. The Balaban J connectivity index is 1.67. The second kappa shape index (κ2) is 5.82. The summed E-state index contributed by atoms with van der Waals surface area (Å²) in [5.74, 6) is 0.881. The van der Waals surface area contributed by atoms with Crippen molar-refractivity contribution in [2.45, 2.75) is 19.4 Å². The summed E-state index contributed by atoms with van der Waals surface area (Å²) in [6.45, 7) is 2.04. The van der Waals surface area contributed by atoms with Crippen molar-refractivity contribution in [1.82, 2.24) is 4.57 Å². The minimum atomic E-state index is 0.00400. The molecule has 2 heterocycles. The highest BCUT2D eigenvalue weighted by atomic mass is 16.5. The van der Waals surface area contributed by atoms with Crippen LogP contribution in [0.25, 0.3) is 0 Å². The molecule has 4 nitrogen and oxygen atoms in total. The van der Waals surface area contributed by atoms with Gasteiger partial charge in [-0.2, -0.15) is 0 Å². The van der Waals surface area contributed by atoms with E-state index in [1.807, 2.05) is 18.2 Å². The molecule has 1 aromatic heterocycles. The van der Waals surface area contributed by atoms with E-state index in [4.69, 9.17) is 4.74 Å². The van der Waals surface area contributed by atoms with E-state index in [0.29, 0.717) is 13.2 Å². The van der Waals surface area contributed by atoms with Gasteiger partial charge in [-0.25, -0.2) is 0 Å². The van der Waals surface area contributed by atoms with Crippen molar-refractivity contribution in [3.05, 3.63) is 58.5 Å². The van der Waals surface area contributed by atoms with Gasteiger partial charge in [0, 0.05) is 18.8 Å². The van der Waals surface area contributed by atoms with Gasteiger partial charge >= 0.3 is 0 Å². The van der Waals surface area contributed by atoms with Crippen LogP contribution in [-0.2, 0) is 13.0 Å². The van der Waals surface area contributed by atoms with Crippen LogP contribution in [-0.4, -0.2) is 17.7 Å². The molecule has 0 saturated carbocycles. The van der Waals surface area contributed by atoms with Crippen molar-refractivity contribution < 1.29 is 4.74 Å². The molecule has 0 amide bonds. The molecule has 0 aliphatic carbocycles. The zero-order chi connectivity index (χ0) is 13.8. The summed E-state index contributed by atoms with van der Waals surface area (Å²) in [5, 5.41) is 3.40. The smallest absolute Gasteiger partial charge is 0.250 e. The molecular weight excluding hydrogens is 252 g/mol. The van der Waals surface area contributed by atoms with E-state index in [1.165, 1.54) is 5.56 Å². The van der Waals surface area contributed by atoms with E-state index in [-0.39, 0.29) is 5.56 Å². The van der Waals surface area contributed by atoms with Gasteiger partial charge in [0.2, 0.25) is 0 Å². The number of nitrogens with zero attached hydrogens (tertiary/aromatic N) is 1. The fourth-order valence-electron chi connectivity index (χ4n) is 2.50. The number of pyridine rings is 1. The quantitative estimate of drug-likeness (QED) is 0.927. The summed E-state index contributed by atoms with van der Waals surface area (Å²) in [6, 6.07) is 11.3. The number of hydrogen-bond acceptors (Lipinski definition) is 3. The Morgan fingerprint density at radius 3 is 3.05 bits per heavy atom. The maximum atomic E-state index is 11.6. The van der Waals surface area contributed by atoms with Crippen molar-refractivity contribution in [1.29, 1.82) is 0 Å². The minimum absolute atomic E-state index is 0.00400. The first kappa shape index (κ1) is 12.8. The van der Waals surface area contributed by atoms with Crippen LogP contribution >= 0.6 is 0 Å². The number of para-hydroxylation sites is 1. The fourth-order valence-corrected chi connectivity index (χ4v) is 2.50. The lowest BCUT2D eigenvalue weighted by Crippen LogP contribution is -2.21. The molecule has 0 fully saturated rings. The molecule has 0 unspecified atom stereocenters. The SMILES string of the molecule is O=c1ccccn1CCOc1cccc2c1NCCC2. The second-order valence-electron chi connectivity index (χ2n) is 4.90. The van der Waals surface area contributed by atoms with Gasteiger partial charge in [-0.05, 0) is 30.5 Å². The van der Waals surface area contributed by atoms with Gasteiger partial charge in [-0.15, -0.1) is 0 Å². The van der Waals surface area contributed by atoms with Crippen molar-refractivity contribution in [3.8, 4) is 5.75 Å². The van der Waals surface area contributed by atoms with Crippen LogP contribution in [0.2, 0.25) is 0 Å². The lowest BCUT2D eigenvalue weighted by atomic mass is 10.0. The molecule has 1 aliphatic rings. The Labute approximate surface area is 118 Å². The lowest BCUT2D eigenvalue weighted by Gasteiger charge is -2.21. The highest BCUT2D eigenvalue weighted by molar-refractivity contribution is 5.63. The van der Waals surface area contributed by atoms with Crippen LogP contribution < -0.4 is 15.6 Å². The summed E-state index contributed by atoms with van der Waals surface area (Å²) in [7, 11) is 0. The highest BCUT2D eigenvalue weighted by Gasteiger charge is 2.12. The Kier molecular flexibility index (Phi) is 3.72. The lowest BCUT2D eigenvalue weighted by molar-refractivity contribution is 0.297. The summed E-state index contributed by atoms with van der Waals surface area (Å²) >= 11 is 0. The number of aryl methyl sites for hydroxylation is 1. The fraction of sp³-hybridized carbons (Fsp3) is 0.312. The molecule has 2 aromatic rings. The second-order valence-corrected chi connectivity index (χ2v) is 4.90. The maximum absolute atomic E-state index is 11.6. The van der Waals surface area contributed by atoms with Gasteiger partial charge in [0.1, 0.15) is 12.4 Å². The first-order valence-electron chi connectivity index (χ1n) is 6.98. The predicted octanol–water partition coefficient (Wildman–Crippen LogP) is 2.29. The summed E-state index contributed by atoms with van der Waals surface area (Å²) < 4.78 is 7.50. The first-order chi connectivity index (χ1) is 9.84. The minimum Gasteiger partial charge on any atom is -0.490 e. The number of aromatic nitrogens is 1. The molecule has 0 radical (unpaired) electrons. The number of ether oxygens (including phenoxy) is 1. The third kappa shape index (κ3) is 2.69. The average molecular weight is 270 g/mol. The Morgan fingerprint density at radius 2 is 2.15 bits per heavy atom. The third-order valence-electron chi connectivity index (χ3n) is 3.53. The normalized spacial score (nSPS) is 13.4. The number of anilines is 1. The van der Waals surface area contributed by atoms with Gasteiger partial charge in [-0.1, -0.05) is 18.2 Å². The van der Waals surface area contributed by atoms with Crippen LogP contribution in [0.4, 0.5) is 5.69 Å². The Morgan fingerprint density at radius 1 is 1.20 bits per heavy atom. The van der Waals surface area contributed by atoms with Crippen molar-refractivity contribution >= 4 is 5.69 Å². The summed E-state index contributed by atoms with van der Waals surface area (Å²) in [4.78, 5) is 11.6. The van der Waals surface area contributed by atoms with Gasteiger partial charge in [0.05, 0.1) is 12.2 Å². The predicted molar refractivity (Wildman–Crippen MR) is 79.4 cm³/mol. The van der Waals surface area contributed by atoms with Crippen molar-refractivity contribution in [2.24, 2.45) is 0 Å². The molecule has 1 N–H and O–H groups in total. The molecule has 104 valence electrons. The molecule has 1 aliphatic heterocycles. The van der Waals surface area contributed by atoms with Crippen LogP contribution in [0, 0.1) is 0 Å². The van der Waals surface area contributed by atoms with E-state index in [0.717, 1.165) is 30.8 Å². The first-order valence-corrected chi connectivity index (χ1v) is 6.98. The van der Waals surface area contributed by atoms with Crippen LogP contribution in [0.3, 0.4) is 0 Å². The van der Waals surface area contributed by atoms with E-state index >= 15 is 0 Å². The molecule has 0 saturated heterocycles. The van der Waals surface area contributed by atoms with Crippen LogP contribution in [0.5, 0.6) is 5.75 Å². The molecule has 0 bridgehead atoms. The van der Waals surface area contributed by atoms with Gasteiger partial charge in [-0.3, -0.25) is 4.79 Å². The van der Waals surface area contributed by atoms with Crippen molar-refractivity contribution in [2.75, 3.05) is 18.5 Å². The molecule has 1 aromatic carbocycles. The molecule has 0 spiro atoms. The largest absolute Gasteiger partial charge is 0.490 e. The number of rotatable bonds is 4. The molecule has 3 rings (SSSR count). The van der Waals surface area contributed by atoms with Crippen molar-refractivity contribution in [3.63, 3.8) is 0 Å². The van der Waals surface area contributed by atoms with Gasteiger partial charge in [0.25, 0.3) is 5.56 Å². The number of fused-ring (bicyclic) bond motifs is 1. The van der Waals surface area contributed by atoms with Crippen LogP contribution in [0.15, 0.2) is 47.4 Å². The zero-order valence-corrected chi connectivity index (χ0v) is 11.3. The van der Waals surface area contributed by atoms with Crippen LogP contribution in [0.1, 0.15) is 12.0 Å². The summed E-state index contributed by atoms with van der Waals surface area (Å²) in [6.07, 6.45) is 4.04. The molecule has 20 heavy (non-hydrogen) atoms. The molecule has 0 atom stereocenters. The van der Waals surface area contributed by atoms with E-state index in [9.17, 15) is 4.79 Å². The Bertz CT molecular complexity index is 649. The van der Waals surface area contributed by atoms with E-state index < -0.39 is 0 Å². The average Bonchev–Trinajstić information content (AvgIpc) is 2.49. The standard InChI is InChI=1S/C16H18N2O2/c19-15-8-1-2-10-18(15)11-12-20-14-7-3-5-13-6-4-9-17-16(13)14/h1-3,5,7-8,10,17H,4,6,9,11-12H2. The topological polar surface area (TPSA) is 43.3 Å². The molecule has 4 heteroatoms.